The number of hydrogen-bond donors (Lipinski definition) is 2. The summed E-state index contributed by atoms with van der Waals surface area (Å²) in [7, 11) is 0. The molecule has 1 aromatic rings. The second-order valence-electron chi connectivity index (χ2n) is 9.11. The van der Waals surface area contributed by atoms with Crippen LogP contribution in [0.15, 0.2) is 16.8 Å². The molecule has 29 heavy (non-hydrogen) atoms. The third kappa shape index (κ3) is 6.10. The molecular weight excluding hydrogens is 390 g/mol. The first-order chi connectivity index (χ1) is 13.7. The molecule has 1 aromatic heterocycles. The lowest BCUT2D eigenvalue weighted by molar-refractivity contribution is -0.128. The highest BCUT2D eigenvalue weighted by Crippen LogP contribution is 2.22. The fraction of sp³-hybridized carbons (Fsp3) is 0.667. The lowest BCUT2D eigenvalue weighted by Crippen LogP contribution is -2.55. The van der Waals surface area contributed by atoms with Gasteiger partial charge in [-0.3, -0.25) is 14.4 Å². The molecule has 2 aliphatic rings. The van der Waals surface area contributed by atoms with Crippen molar-refractivity contribution in [2.24, 2.45) is 5.41 Å². The van der Waals surface area contributed by atoms with Crippen LogP contribution in [0.4, 0.5) is 0 Å². The van der Waals surface area contributed by atoms with Gasteiger partial charge in [0.15, 0.2) is 5.78 Å². The van der Waals surface area contributed by atoms with Gasteiger partial charge in [0.1, 0.15) is 18.7 Å². The number of carbonyl (C=O) groups excluding carboxylic acids is 3. The summed E-state index contributed by atoms with van der Waals surface area (Å²) < 4.78 is 5.67. The second kappa shape index (κ2) is 9.36. The Hall–Kier alpha value is -1.77. The summed E-state index contributed by atoms with van der Waals surface area (Å²) in [5, 5.41) is 9.30. The molecule has 2 aliphatic heterocycles. The molecule has 0 spiro atoms. The molecule has 0 aromatic carbocycles. The Morgan fingerprint density at radius 2 is 2.03 bits per heavy atom. The molecule has 2 N–H and O–H groups in total. The number of hydrogen-bond acceptors (Lipinski definition) is 6. The van der Waals surface area contributed by atoms with Crippen LogP contribution in [0, 0.1) is 5.41 Å². The van der Waals surface area contributed by atoms with Crippen LogP contribution in [0.2, 0.25) is 0 Å². The topological polar surface area (TPSA) is 87.7 Å². The van der Waals surface area contributed by atoms with Crippen molar-refractivity contribution >= 4 is 28.9 Å². The predicted octanol–water partition coefficient (Wildman–Crippen LogP) is 1.83. The van der Waals surface area contributed by atoms with Crippen molar-refractivity contribution in [1.29, 1.82) is 0 Å². The number of amides is 2. The van der Waals surface area contributed by atoms with E-state index in [1.807, 2.05) is 26.2 Å². The van der Waals surface area contributed by atoms with Crippen LogP contribution in [0.25, 0.3) is 0 Å². The SMILES string of the molecule is CC(C)(C)CC(NC(=O)c1ccsc1)C(=O)NC1C(=O)COC1CN1CCCC1. The Labute approximate surface area is 176 Å². The number of rotatable bonds is 7. The monoisotopic (exact) mass is 421 g/mol. The minimum absolute atomic E-state index is 0.0225. The van der Waals surface area contributed by atoms with E-state index in [-0.39, 0.29) is 35.7 Å². The first-order valence-electron chi connectivity index (χ1n) is 10.2. The third-order valence-corrected chi connectivity index (χ3v) is 6.00. The number of nitrogens with zero attached hydrogens (tertiary/aromatic N) is 1. The first kappa shape index (κ1) is 21.9. The molecule has 7 nitrogen and oxygen atoms in total. The molecule has 3 atom stereocenters. The number of ketones is 1. The predicted molar refractivity (Wildman–Crippen MR) is 112 cm³/mol. The average Bonchev–Trinajstić information content (AvgIpc) is 3.39. The minimum Gasteiger partial charge on any atom is -0.366 e. The van der Waals surface area contributed by atoms with Gasteiger partial charge in [0.05, 0.1) is 11.7 Å². The molecule has 8 heteroatoms. The molecule has 2 fully saturated rings. The Morgan fingerprint density at radius 1 is 1.31 bits per heavy atom. The molecule has 3 heterocycles. The van der Waals surface area contributed by atoms with Gasteiger partial charge in [0, 0.05) is 11.9 Å². The summed E-state index contributed by atoms with van der Waals surface area (Å²) in [5.41, 5.74) is 0.364. The van der Waals surface area contributed by atoms with Gasteiger partial charge in [-0.05, 0) is 49.2 Å². The summed E-state index contributed by atoms with van der Waals surface area (Å²) in [4.78, 5) is 40.2. The fourth-order valence-electron chi connectivity index (χ4n) is 3.84. The number of Topliss-reactive ketones (excluding diaryl/α,β-unsaturated/α-hetero) is 1. The van der Waals surface area contributed by atoms with Crippen molar-refractivity contribution in [3.63, 3.8) is 0 Å². The van der Waals surface area contributed by atoms with Crippen molar-refractivity contribution in [3.05, 3.63) is 22.4 Å². The quantitative estimate of drug-likeness (QED) is 0.701. The molecule has 3 unspecified atom stereocenters. The number of carbonyl (C=O) groups is 3. The smallest absolute Gasteiger partial charge is 0.252 e. The van der Waals surface area contributed by atoms with E-state index in [9.17, 15) is 14.4 Å². The van der Waals surface area contributed by atoms with Gasteiger partial charge in [0.2, 0.25) is 5.91 Å². The van der Waals surface area contributed by atoms with Crippen LogP contribution >= 0.6 is 11.3 Å². The number of thiophene rings is 1. The largest absolute Gasteiger partial charge is 0.366 e. The molecule has 2 amide bonds. The van der Waals surface area contributed by atoms with E-state index in [4.69, 9.17) is 4.74 Å². The average molecular weight is 422 g/mol. The minimum atomic E-state index is -0.719. The van der Waals surface area contributed by atoms with Gasteiger partial charge in [-0.1, -0.05) is 20.8 Å². The number of nitrogens with one attached hydrogen (secondary N) is 2. The zero-order chi connectivity index (χ0) is 21.0. The van der Waals surface area contributed by atoms with Gasteiger partial charge in [-0.15, -0.1) is 0 Å². The maximum absolute atomic E-state index is 13.1. The van der Waals surface area contributed by atoms with Crippen LogP contribution in [-0.2, 0) is 14.3 Å². The van der Waals surface area contributed by atoms with E-state index >= 15 is 0 Å². The summed E-state index contributed by atoms with van der Waals surface area (Å²) in [5.74, 6) is -0.724. The normalized spacial score (nSPS) is 23.9. The Kier molecular flexibility index (Phi) is 7.08. The van der Waals surface area contributed by atoms with E-state index in [0.717, 1.165) is 25.9 Å². The molecular formula is C21H31N3O4S. The zero-order valence-corrected chi connectivity index (χ0v) is 18.2. The summed E-state index contributed by atoms with van der Waals surface area (Å²) in [6.45, 7) is 8.71. The van der Waals surface area contributed by atoms with Crippen LogP contribution < -0.4 is 10.6 Å². The number of ether oxygens (including phenoxy) is 1. The standard InChI is InChI=1S/C21H31N3O4S/c1-21(2,3)10-15(22-19(26)14-6-9-29-13-14)20(27)23-18-16(25)12-28-17(18)11-24-7-4-5-8-24/h6,9,13,15,17-18H,4-5,7-8,10-12H2,1-3H3,(H,22,26)(H,23,27). The summed E-state index contributed by atoms with van der Waals surface area (Å²) >= 11 is 1.43. The highest BCUT2D eigenvalue weighted by molar-refractivity contribution is 7.08. The van der Waals surface area contributed by atoms with Crippen molar-refractivity contribution in [2.45, 2.75) is 58.2 Å². The molecule has 3 rings (SSSR count). The lowest BCUT2D eigenvalue weighted by atomic mass is 9.87. The summed E-state index contributed by atoms with van der Waals surface area (Å²) in [6.07, 6.45) is 2.43. The maximum atomic E-state index is 13.1. The Bertz CT molecular complexity index is 723. The highest BCUT2D eigenvalue weighted by Gasteiger charge is 2.40. The highest BCUT2D eigenvalue weighted by atomic mass is 32.1. The van der Waals surface area contributed by atoms with Crippen molar-refractivity contribution in [3.8, 4) is 0 Å². The van der Waals surface area contributed by atoms with Crippen molar-refractivity contribution < 1.29 is 19.1 Å². The molecule has 160 valence electrons. The van der Waals surface area contributed by atoms with E-state index < -0.39 is 12.1 Å². The van der Waals surface area contributed by atoms with E-state index in [0.29, 0.717) is 18.5 Å². The first-order valence-corrected chi connectivity index (χ1v) is 11.2. The van der Waals surface area contributed by atoms with Crippen molar-refractivity contribution in [2.75, 3.05) is 26.2 Å². The van der Waals surface area contributed by atoms with Gasteiger partial charge in [-0.2, -0.15) is 11.3 Å². The van der Waals surface area contributed by atoms with Gasteiger partial charge < -0.3 is 20.3 Å². The molecule has 0 bridgehead atoms. The zero-order valence-electron chi connectivity index (χ0n) is 17.4. The fourth-order valence-corrected chi connectivity index (χ4v) is 4.48. The maximum Gasteiger partial charge on any atom is 0.252 e. The molecule has 0 saturated carbocycles. The third-order valence-electron chi connectivity index (χ3n) is 5.31. The van der Waals surface area contributed by atoms with Gasteiger partial charge in [0.25, 0.3) is 5.91 Å². The Morgan fingerprint density at radius 3 is 2.66 bits per heavy atom. The van der Waals surface area contributed by atoms with Gasteiger partial charge in [-0.25, -0.2) is 0 Å². The van der Waals surface area contributed by atoms with E-state index in [1.165, 1.54) is 11.3 Å². The molecule has 0 aliphatic carbocycles. The van der Waals surface area contributed by atoms with Crippen LogP contribution in [-0.4, -0.2) is 66.9 Å². The molecule has 2 saturated heterocycles. The van der Waals surface area contributed by atoms with E-state index in [1.54, 1.807) is 11.4 Å². The second-order valence-corrected chi connectivity index (χ2v) is 9.89. The van der Waals surface area contributed by atoms with Crippen LogP contribution in [0.1, 0.15) is 50.4 Å². The van der Waals surface area contributed by atoms with Crippen LogP contribution in [0.5, 0.6) is 0 Å². The van der Waals surface area contributed by atoms with Crippen LogP contribution in [0.3, 0.4) is 0 Å². The van der Waals surface area contributed by atoms with E-state index in [2.05, 4.69) is 15.5 Å². The van der Waals surface area contributed by atoms with Crippen molar-refractivity contribution in [1.82, 2.24) is 15.5 Å². The molecule has 0 radical (unpaired) electrons. The summed E-state index contributed by atoms with van der Waals surface area (Å²) in [6, 6.07) is 0.346. The number of likely N-dealkylation sites (tertiary alicyclic amines) is 1. The van der Waals surface area contributed by atoms with Gasteiger partial charge >= 0.3 is 0 Å². The lowest BCUT2D eigenvalue weighted by Gasteiger charge is -2.28. The Balaban J connectivity index is 1.66.